The summed E-state index contributed by atoms with van der Waals surface area (Å²) in [5, 5.41) is 2.92. The van der Waals surface area contributed by atoms with Crippen LogP contribution in [0.4, 0.5) is 0 Å². The molecule has 0 radical (unpaired) electrons. The average molecular weight is 437 g/mol. The van der Waals surface area contributed by atoms with Gasteiger partial charge in [-0.2, -0.15) is 4.31 Å². The molecule has 1 aliphatic rings. The molecule has 160 valence electrons. The van der Waals surface area contributed by atoms with E-state index in [-0.39, 0.29) is 23.9 Å². The van der Waals surface area contributed by atoms with Gasteiger partial charge < -0.3 is 10.1 Å². The number of amides is 1. The van der Waals surface area contributed by atoms with E-state index in [1.165, 1.54) is 11.4 Å². The number of rotatable bonds is 5. The first-order chi connectivity index (χ1) is 15.0. The van der Waals surface area contributed by atoms with E-state index in [0.29, 0.717) is 23.3 Å². The van der Waals surface area contributed by atoms with E-state index in [9.17, 15) is 13.2 Å². The first kappa shape index (κ1) is 21.1. The van der Waals surface area contributed by atoms with Crippen LogP contribution in [0.1, 0.15) is 21.5 Å². The number of fused-ring (bicyclic) bond motifs is 1. The molecular formula is C24H24N2O4S. The highest BCUT2D eigenvalue weighted by Crippen LogP contribution is 2.30. The largest absolute Gasteiger partial charge is 0.495 e. The molecule has 6 nitrogen and oxygen atoms in total. The summed E-state index contributed by atoms with van der Waals surface area (Å²) in [4.78, 5) is 12.8. The minimum atomic E-state index is -3.92. The maximum Gasteiger partial charge on any atom is 0.251 e. The normalized spacial score (nSPS) is 17.2. The van der Waals surface area contributed by atoms with E-state index in [0.717, 1.165) is 5.56 Å². The summed E-state index contributed by atoms with van der Waals surface area (Å²) < 4.78 is 34.5. The summed E-state index contributed by atoms with van der Waals surface area (Å²) in [6.45, 7) is 0.303. The van der Waals surface area contributed by atoms with E-state index < -0.39 is 16.1 Å². The fourth-order valence-electron chi connectivity index (χ4n) is 3.88. The maximum atomic E-state index is 13.9. The Morgan fingerprint density at radius 2 is 1.65 bits per heavy atom. The van der Waals surface area contributed by atoms with Gasteiger partial charge in [0.2, 0.25) is 10.0 Å². The van der Waals surface area contributed by atoms with Crippen LogP contribution < -0.4 is 10.1 Å². The fourth-order valence-corrected chi connectivity index (χ4v) is 5.64. The van der Waals surface area contributed by atoms with Gasteiger partial charge in [-0.05, 0) is 35.7 Å². The Morgan fingerprint density at radius 1 is 0.968 bits per heavy atom. The van der Waals surface area contributed by atoms with Crippen LogP contribution in [0, 0.1) is 0 Å². The molecule has 1 amide bonds. The van der Waals surface area contributed by atoms with Crippen molar-refractivity contribution in [3.8, 4) is 5.75 Å². The van der Waals surface area contributed by atoms with Crippen LogP contribution in [0.5, 0.6) is 5.75 Å². The van der Waals surface area contributed by atoms with Crippen molar-refractivity contribution in [1.29, 1.82) is 0 Å². The van der Waals surface area contributed by atoms with Gasteiger partial charge in [0.1, 0.15) is 10.6 Å². The third-order valence-corrected chi connectivity index (χ3v) is 7.40. The van der Waals surface area contributed by atoms with E-state index in [1.807, 2.05) is 36.4 Å². The van der Waals surface area contributed by atoms with Crippen molar-refractivity contribution in [2.75, 3.05) is 13.7 Å². The third-order valence-electron chi connectivity index (χ3n) is 5.46. The molecule has 3 aromatic rings. The van der Waals surface area contributed by atoms with Crippen molar-refractivity contribution in [3.05, 3.63) is 95.6 Å². The van der Waals surface area contributed by atoms with Gasteiger partial charge in [-0.25, -0.2) is 8.42 Å². The number of sulfonamides is 1. The number of hydrogen-bond donors (Lipinski definition) is 1. The molecule has 1 aliphatic heterocycles. The molecule has 31 heavy (non-hydrogen) atoms. The van der Waals surface area contributed by atoms with Crippen LogP contribution in [-0.4, -0.2) is 38.3 Å². The number of ether oxygens (including phenoxy) is 1. The van der Waals surface area contributed by atoms with Gasteiger partial charge in [0.05, 0.1) is 7.11 Å². The Hall–Kier alpha value is -3.16. The van der Waals surface area contributed by atoms with Crippen LogP contribution >= 0.6 is 0 Å². The number of para-hydroxylation sites is 1. The molecule has 0 bridgehead atoms. The topological polar surface area (TPSA) is 75.7 Å². The predicted octanol–water partition coefficient (Wildman–Crippen LogP) is 3.24. The maximum absolute atomic E-state index is 13.9. The highest BCUT2D eigenvalue weighted by molar-refractivity contribution is 7.89. The first-order valence-electron chi connectivity index (χ1n) is 10.1. The van der Waals surface area contributed by atoms with Gasteiger partial charge in [0.15, 0.2) is 0 Å². The number of nitrogens with zero attached hydrogens (tertiary/aromatic N) is 1. The van der Waals surface area contributed by atoms with Crippen molar-refractivity contribution in [1.82, 2.24) is 9.62 Å². The highest BCUT2D eigenvalue weighted by Gasteiger charge is 2.36. The van der Waals surface area contributed by atoms with Crippen LogP contribution in [0.2, 0.25) is 0 Å². The van der Waals surface area contributed by atoms with Gasteiger partial charge >= 0.3 is 0 Å². The standard InChI is InChI=1S/C24H24N2O4S/c1-30-22-13-7-8-14-23(22)31(28,29)26-17-19-11-5-6-12-21(19)24(27)25-16-20(26)15-18-9-3-2-4-10-18/h2-14,20H,15-17H2,1H3,(H,25,27). The van der Waals surface area contributed by atoms with Crippen LogP contribution in [-0.2, 0) is 23.0 Å². The van der Waals surface area contributed by atoms with Gasteiger partial charge in [0, 0.05) is 24.7 Å². The molecule has 0 saturated carbocycles. The predicted molar refractivity (Wildman–Crippen MR) is 118 cm³/mol. The summed E-state index contributed by atoms with van der Waals surface area (Å²) >= 11 is 0. The van der Waals surface area contributed by atoms with E-state index in [1.54, 1.807) is 42.5 Å². The minimum Gasteiger partial charge on any atom is -0.495 e. The zero-order valence-corrected chi connectivity index (χ0v) is 18.0. The van der Waals surface area contributed by atoms with Crippen molar-refractivity contribution in [3.63, 3.8) is 0 Å². The molecule has 1 atom stereocenters. The van der Waals surface area contributed by atoms with Crippen molar-refractivity contribution in [2.45, 2.75) is 23.9 Å². The van der Waals surface area contributed by atoms with Crippen LogP contribution in [0.15, 0.2) is 83.8 Å². The Morgan fingerprint density at radius 3 is 2.42 bits per heavy atom. The second-order valence-corrected chi connectivity index (χ2v) is 9.27. The van der Waals surface area contributed by atoms with Crippen LogP contribution in [0.3, 0.4) is 0 Å². The molecule has 4 rings (SSSR count). The lowest BCUT2D eigenvalue weighted by Gasteiger charge is -2.34. The van der Waals surface area contributed by atoms with E-state index in [4.69, 9.17) is 4.74 Å². The van der Waals surface area contributed by atoms with E-state index >= 15 is 0 Å². The number of benzene rings is 3. The Bertz CT molecular complexity index is 1180. The number of carbonyl (C=O) groups excluding carboxylic acids is 1. The van der Waals surface area contributed by atoms with Crippen molar-refractivity contribution in [2.24, 2.45) is 0 Å². The van der Waals surface area contributed by atoms with Gasteiger partial charge in [-0.15, -0.1) is 0 Å². The number of methoxy groups -OCH3 is 1. The Balaban J connectivity index is 1.82. The fraction of sp³-hybridized carbons (Fsp3) is 0.208. The van der Waals surface area contributed by atoms with Gasteiger partial charge in [-0.3, -0.25) is 4.79 Å². The minimum absolute atomic E-state index is 0.0987. The molecule has 0 spiro atoms. The molecule has 0 aromatic heterocycles. The van der Waals surface area contributed by atoms with Crippen LogP contribution in [0.25, 0.3) is 0 Å². The smallest absolute Gasteiger partial charge is 0.251 e. The quantitative estimate of drug-likeness (QED) is 0.666. The summed E-state index contributed by atoms with van der Waals surface area (Å²) in [5.41, 5.74) is 2.15. The molecule has 1 heterocycles. The van der Waals surface area contributed by atoms with Gasteiger partial charge in [-0.1, -0.05) is 60.7 Å². The SMILES string of the molecule is COc1ccccc1S(=O)(=O)N1Cc2ccccc2C(=O)NCC1Cc1ccccc1. The summed E-state index contributed by atoms with van der Waals surface area (Å²) in [5.74, 6) is 0.100. The third kappa shape index (κ3) is 4.33. The zero-order chi connectivity index (χ0) is 21.8. The summed E-state index contributed by atoms with van der Waals surface area (Å²) in [6, 6.07) is 22.9. The number of hydrogen-bond acceptors (Lipinski definition) is 4. The second kappa shape index (κ2) is 8.91. The van der Waals surface area contributed by atoms with Crippen molar-refractivity contribution < 1.29 is 17.9 Å². The Labute approximate surface area is 182 Å². The molecule has 1 N–H and O–H groups in total. The highest BCUT2D eigenvalue weighted by atomic mass is 32.2. The molecule has 0 fully saturated rings. The summed E-state index contributed by atoms with van der Waals surface area (Å²) in [6.07, 6.45) is 0.470. The average Bonchev–Trinajstić information content (AvgIpc) is 2.80. The second-order valence-electron chi connectivity index (χ2n) is 7.41. The summed E-state index contributed by atoms with van der Waals surface area (Å²) in [7, 11) is -2.46. The first-order valence-corrected chi connectivity index (χ1v) is 11.5. The molecular weight excluding hydrogens is 412 g/mol. The number of nitrogens with one attached hydrogen (secondary N) is 1. The lowest BCUT2D eigenvalue weighted by Crippen LogP contribution is -2.49. The molecule has 0 saturated heterocycles. The molecule has 0 aliphatic carbocycles. The Kier molecular flexibility index (Phi) is 6.06. The van der Waals surface area contributed by atoms with E-state index in [2.05, 4.69) is 5.32 Å². The molecule has 7 heteroatoms. The zero-order valence-electron chi connectivity index (χ0n) is 17.2. The van der Waals surface area contributed by atoms with Gasteiger partial charge in [0.25, 0.3) is 5.91 Å². The molecule has 3 aromatic carbocycles. The lowest BCUT2D eigenvalue weighted by atomic mass is 10.0. The van der Waals surface area contributed by atoms with Crippen molar-refractivity contribution >= 4 is 15.9 Å². The molecule has 1 unspecified atom stereocenters. The number of carbonyl (C=O) groups is 1. The monoisotopic (exact) mass is 436 g/mol. The lowest BCUT2D eigenvalue weighted by molar-refractivity contribution is 0.0934.